The van der Waals surface area contributed by atoms with E-state index < -0.39 is 10.9 Å². The first-order valence-corrected chi connectivity index (χ1v) is 7.68. The quantitative estimate of drug-likeness (QED) is 0.596. The first kappa shape index (κ1) is 11.4. The average Bonchev–Trinajstić information content (AvgIpc) is 1.90. The van der Waals surface area contributed by atoms with Gasteiger partial charge in [0.2, 0.25) is 0 Å². The fourth-order valence-corrected chi connectivity index (χ4v) is 1.06. The molecule has 0 saturated heterocycles. The summed E-state index contributed by atoms with van der Waals surface area (Å²) in [5.41, 5.74) is 0. The summed E-state index contributed by atoms with van der Waals surface area (Å²) in [5, 5.41) is 0. The second kappa shape index (κ2) is 8.47. The molecule has 0 aromatic heterocycles. The van der Waals surface area contributed by atoms with Crippen molar-refractivity contribution in [2.75, 3.05) is 0 Å². The Balaban J connectivity index is 0.000000180. The summed E-state index contributed by atoms with van der Waals surface area (Å²) < 4.78 is 0. The molecular weight excluding hydrogens is 237 g/mol. The van der Waals surface area contributed by atoms with Gasteiger partial charge in [0.1, 0.15) is 0 Å². The van der Waals surface area contributed by atoms with E-state index in [-0.39, 0.29) is 0 Å². The van der Waals surface area contributed by atoms with Crippen molar-refractivity contribution in [2.24, 2.45) is 0 Å². The molecule has 0 heterocycles. The van der Waals surface area contributed by atoms with Crippen LogP contribution in [0.2, 0.25) is 0 Å². The maximum absolute atomic E-state index is 4.87. The molecule has 1 rings (SSSR count). The van der Waals surface area contributed by atoms with Gasteiger partial charge in [-0.25, -0.2) is 0 Å². The second-order valence-corrected chi connectivity index (χ2v) is 7.42. The minimum atomic E-state index is -1.19. The van der Waals surface area contributed by atoms with Crippen LogP contribution in [0.4, 0.5) is 0 Å². The Bertz CT molecular complexity index is 49.7. The van der Waals surface area contributed by atoms with Crippen LogP contribution in [0, 0.1) is 0 Å². The van der Waals surface area contributed by atoms with Crippen LogP contribution in [0.5, 0.6) is 0 Å². The zero-order valence-electron chi connectivity index (χ0n) is 5.71. The van der Waals surface area contributed by atoms with Gasteiger partial charge in [0.15, 0.2) is 0 Å². The van der Waals surface area contributed by atoms with Gasteiger partial charge in [0.25, 0.3) is 0 Å². The predicted octanol–water partition coefficient (Wildman–Crippen LogP) is 4.41. The fraction of sp³-hybridized carbons (Fsp3) is 1.00. The number of hydrogen-bond donors (Lipinski definition) is 0. The van der Waals surface area contributed by atoms with E-state index in [0.717, 1.165) is 0 Å². The Morgan fingerprint density at radius 3 is 0.800 bits per heavy atom. The second-order valence-electron chi connectivity index (χ2n) is 2.26. The molecule has 0 spiro atoms. The average molecular weight is 249 g/mol. The van der Waals surface area contributed by atoms with E-state index >= 15 is 0 Å². The van der Waals surface area contributed by atoms with E-state index in [9.17, 15) is 0 Å². The Morgan fingerprint density at radius 2 is 0.700 bits per heavy atom. The van der Waals surface area contributed by atoms with E-state index in [2.05, 4.69) is 0 Å². The van der Waals surface area contributed by atoms with Gasteiger partial charge in [-0.2, -0.15) is 0 Å². The van der Waals surface area contributed by atoms with Gasteiger partial charge in [-0.1, -0.05) is 38.5 Å². The van der Waals surface area contributed by atoms with E-state index in [1.165, 1.54) is 38.5 Å². The van der Waals surface area contributed by atoms with Crippen LogP contribution in [-0.2, 0) is 10.9 Å². The Kier molecular flexibility index (Phi) is 9.64. The minimum absolute atomic E-state index is 1.19. The molecule has 66 valence electrons. The Morgan fingerprint density at radius 1 is 0.600 bits per heavy atom. The SMILES string of the molecule is C1CCCCC1.[Cl][Co]([Cl])[Cl]. The van der Waals surface area contributed by atoms with Crippen molar-refractivity contribution in [1.29, 1.82) is 0 Å². The van der Waals surface area contributed by atoms with Crippen molar-refractivity contribution in [2.45, 2.75) is 38.5 Å². The monoisotopic (exact) mass is 248 g/mol. The van der Waals surface area contributed by atoms with Crippen molar-refractivity contribution >= 4 is 30.4 Å². The molecule has 10 heavy (non-hydrogen) atoms. The van der Waals surface area contributed by atoms with Crippen molar-refractivity contribution in [3.05, 3.63) is 0 Å². The summed E-state index contributed by atoms with van der Waals surface area (Å²) in [7, 11) is 13.4. The van der Waals surface area contributed by atoms with Crippen LogP contribution in [0.25, 0.3) is 0 Å². The summed E-state index contributed by atoms with van der Waals surface area (Å²) in [6, 6.07) is 0. The molecule has 0 radical (unpaired) electrons. The van der Waals surface area contributed by atoms with Crippen molar-refractivity contribution in [1.82, 2.24) is 0 Å². The summed E-state index contributed by atoms with van der Waals surface area (Å²) in [6.45, 7) is 0. The van der Waals surface area contributed by atoms with Gasteiger partial charge >= 0.3 is 41.4 Å². The molecule has 0 unspecified atom stereocenters. The van der Waals surface area contributed by atoms with Crippen LogP contribution in [0.3, 0.4) is 0 Å². The summed E-state index contributed by atoms with van der Waals surface area (Å²) >= 11 is 0. The summed E-state index contributed by atoms with van der Waals surface area (Å²) in [5.74, 6) is 0. The van der Waals surface area contributed by atoms with E-state index in [0.29, 0.717) is 0 Å². The molecule has 0 N–H and O–H groups in total. The van der Waals surface area contributed by atoms with Crippen molar-refractivity contribution < 1.29 is 10.9 Å². The number of hydrogen-bond acceptors (Lipinski definition) is 0. The molecule has 0 bridgehead atoms. The van der Waals surface area contributed by atoms with E-state index in [1.807, 2.05) is 0 Å². The molecule has 1 saturated carbocycles. The topological polar surface area (TPSA) is 0 Å². The third-order valence-corrected chi connectivity index (χ3v) is 1.50. The molecule has 1 aliphatic rings. The molecule has 0 atom stereocenters. The first-order valence-electron chi connectivity index (χ1n) is 3.38. The number of rotatable bonds is 0. The standard InChI is InChI=1S/C6H12.3ClH.Co/c1-2-4-6-5-3-1;;;;/h1-6H2;3*1H;/q;;;;+3/p-3. The van der Waals surface area contributed by atoms with Gasteiger partial charge in [-0.3, -0.25) is 0 Å². The molecule has 0 aromatic carbocycles. The summed E-state index contributed by atoms with van der Waals surface area (Å²) in [6.07, 6.45) is 9.00. The number of halogens is 3. The molecule has 0 aromatic rings. The molecule has 0 aliphatic heterocycles. The van der Waals surface area contributed by atoms with Crippen LogP contribution in [0.1, 0.15) is 38.5 Å². The summed E-state index contributed by atoms with van der Waals surface area (Å²) in [4.78, 5) is 0. The first-order chi connectivity index (χ1) is 4.73. The van der Waals surface area contributed by atoms with Gasteiger partial charge in [-0.15, -0.1) is 0 Å². The fourth-order valence-electron chi connectivity index (χ4n) is 1.06. The molecule has 1 aliphatic carbocycles. The van der Waals surface area contributed by atoms with Crippen molar-refractivity contribution in [3.8, 4) is 0 Å². The van der Waals surface area contributed by atoms with E-state index in [1.54, 1.807) is 0 Å². The molecule has 0 amide bonds. The third-order valence-electron chi connectivity index (χ3n) is 1.50. The van der Waals surface area contributed by atoms with Crippen LogP contribution in [0.15, 0.2) is 0 Å². The Labute approximate surface area is 79.7 Å². The van der Waals surface area contributed by atoms with Gasteiger partial charge in [-0.05, 0) is 0 Å². The van der Waals surface area contributed by atoms with Gasteiger partial charge < -0.3 is 0 Å². The maximum atomic E-state index is 4.87. The van der Waals surface area contributed by atoms with E-state index in [4.69, 9.17) is 30.4 Å². The molecule has 1 fully saturated rings. The zero-order chi connectivity index (χ0) is 7.82. The molecule has 0 nitrogen and oxygen atoms in total. The molecular formula is C6H12Cl3Co. The van der Waals surface area contributed by atoms with Crippen LogP contribution >= 0.6 is 30.4 Å². The zero-order valence-corrected chi connectivity index (χ0v) is 9.02. The molecule has 4 heteroatoms. The Hall–Kier alpha value is 1.38. The third kappa shape index (κ3) is 12.1. The predicted molar refractivity (Wildman–Crippen MR) is 45.3 cm³/mol. The van der Waals surface area contributed by atoms with Crippen molar-refractivity contribution in [3.63, 3.8) is 0 Å². The van der Waals surface area contributed by atoms with Crippen LogP contribution in [-0.4, -0.2) is 0 Å². The normalized spacial score (nSPS) is 18.9. The van der Waals surface area contributed by atoms with Crippen LogP contribution < -0.4 is 0 Å². The van der Waals surface area contributed by atoms with Gasteiger partial charge in [0, 0.05) is 0 Å². The van der Waals surface area contributed by atoms with Gasteiger partial charge in [0.05, 0.1) is 0 Å².